The van der Waals surface area contributed by atoms with Gasteiger partial charge in [0.2, 0.25) is 13.1 Å². The van der Waals surface area contributed by atoms with Crippen molar-refractivity contribution in [1.29, 1.82) is 0 Å². The number of rotatable bonds is 1. The molecule has 1 saturated heterocycles. The summed E-state index contributed by atoms with van der Waals surface area (Å²) in [6, 6.07) is 3.62. The van der Waals surface area contributed by atoms with Crippen molar-refractivity contribution in [3.05, 3.63) is 29.5 Å². The van der Waals surface area contributed by atoms with Crippen LogP contribution in [0.15, 0.2) is 24.0 Å². The fraction of sp³-hybridized carbons (Fsp3) is 0.471. The molecular weight excluding hydrogens is 316 g/mol. The van der Waals surface area contributed by atoms with E-state index in [0.29, 0.717) is 17.2 Å². The maximum absolute atomic E-state index is 11.7. The van der Waals surface area contributed by atoms with E-state index in [1.165, 1.54) is 13.2 Å². The highest BCUT2D eigenvalue weighted by atomic mass is 16.7. The zero-order valence-corrected chi connectivity index (χ0v) is 13.0. The summed E-state index contributed by atoms with van der Waals surface area (Å²) in [4.78, 5) is 11.7. The predicted octanol–water partition coefficient (Wildman–Crippen LogP) is 1.24. The van der Waals surface area contributed by atoms with Gasteiger partial charge in [0, 0.05) is 31.2 Å². The Morgan fingerprint density at radius 1 is 1.21 bits per heavy atom. The predicted molar refractivity (Wildman–Crippen MR) is 78.9 cm³/mol. The van der Waals surface area contributed by atoms with Crippen molar-refractivity contribution in [1.82, 2.24) is 0 Å². The van der Waals surface area contributed by atoms with Crippen LogP contribution in [0.3, 0.4) is 0 Å². The molecule has 1 N–H and O–H groups in total. The van der Waals surface area contributed by atoms with E-state index >= 15 is 0 Å². The summed E-state index contributed by atoms with van der Waals surface area (Å²) in [5, 5.41) is 11.2. The van der Waals surface area contributed by atoms with Gasteiger partial charge in [-0.25, -0.2) is 0 Å². The number of allylic oxidation sites excluding steroid dienone is 1. The molecule has 0 bridgehead atoms. The zero-order chi connectivity index (χ0) is 16.5. The number of ketones is 1. The molecular formula is C17H16O7. The Morgan fingerprint density at radius 3 is 2.79 bits per heavy atom. The van der Waals surface area contributed by atoms with Gasteiger partial charge in [0.1, 0.15) is 17.6 Å². The number of aliphatic hydroxyl groups is 1. The highest BCUT2D eigenvalue weighted by molar-refractivity contribution is 5.91. The third-order valence-electron chi connectivity index (χ3n) is 5.15. The maximum Gasteiger partial charge on any atom is 0.231 e. The molecule has 0 spiro atoms. The standard InChI is InChI=1S/C17H16O7/c1-20-16-14-9-5-11-12(22-7-21-11)6-10(9)23-15(14)17(19)3-2-8(18)4-13(17)24-16/h4-6,14-16,19H,2-3,7H2,1H3. The van der Waals surface area contributed by atoms with Crippen LogP contribution in [-0.4, -0.2) is 42.8 Å². The summed E-state index contributed by atoms with van der Waals surface area (Å²) in [5.41, 5.74) is -0.501. The Hall–Kier alpha value is -2.25. The van der Waals surface area contributed by atoms with Crippen LogP contribution in [0.4, 0.5) is 0 Å². The average molecular weight is 332 g/mol. The van der Waals surface area contributed by atoms with E-state index in [-0.39, 0.29) is 37.1 Å². The van der Waals surface area contributed by atoms with Gasteiger partial charge in [0.25, 0.3) is 0 Å². The van der Waals surface area contributed by atoms with Gasteiger partial charge in [-0.15, -0.1) is 0 Å². The van der Waals surface area contributed by atoms with Gasteiger partial charge in [0.05, 0.1) is 5.92 Å². The van der Waals surface area contributed by atoms with Gasteiger partial charge in [-0.3, -0.25) is 4.79 Å². The molecule has 4 atom stereocenters. The van der Waals surface area contributed by atoms with Crippen molar-refractivity contribution in [2.45, 2.75) is 36.8 Å². The van der Waals surface area contributed by atoms with Crippen LogP contribution in [0.25, 0.3) is 0 Å². The first kappa shape index (κ1) is 14.1. The second kappa shape index (κ2) is 4.64. The number of benzene rings is 1. The quantitative estimate of drug-likeness (QED) is 0.828. The Morgan fingerprint density at radius 2 is 2.00 bits per heavy atom. The molecule has 4 aliphatic rings. The van der Waals surface area contributed by atoms with Crippen LogP contribution in [0.2, 0.25) is 0 Å². The summed E-state index contributed by atoms with van der Waals surface area (Å²) in [6.45, 7) is 0.176. The topological polar surface area (TPSA) is 83.5 Å². The van der Waals surface area contributed by atoms with E-state index in [0.717, 1.165) is 5.56 Å². The summed E-state index contributed by atoms with van der Waals surface area (Å²) in [5.74, 6) is 1.70. The minimum Gasteiger partial charge on any atom is -0.486 e. The minimum atomic E-state index is -1.35. The van der Waals surface area contributed by atoms with Gasteiger partial charge < -0.3 is 28.8 Å². The number of carbonyl (C=O) groups is 1. The van der Waals surface area contributed by atoms with Gasteiger partial charge >= 0.3 is 0 Å². The summed E-state index contributed by atoms with van der Waals surface area (Å²) in [7, 11) is 1.53. The molecule has 5 rings (SSSR count). The highest BCUT2D eigenvalue weighted by Crippen LogP contribution is 2.55. The summed E-state index contributed by atoms with van der Waals surface area (Å²) < 4.78 is 28.2. The molecule has 4 unspecified atom stereocenters. The number of methoxy groups -OCH3 is 1. The van der Waals surface area contributed by atoms with Crippen molar-refractivity contribution in [2.24, 2.45) is 0 Å². The molecule has 126 valence electrons. The van der Waals surface area contributed by atoms with Gasteiger partial charge in [-0.1, -0.05) is 0 Å². The van der Waals surface area contributed by atoms with Crippen LogP contribution in [0.5, 0.6) is 17.2 Å². The van der Waals surface area contributed by atoms with Crippen LogP contribution < -0.4 is 14.2 Å². The van der Waals surface area contributed by atoms with Crippen LogP contribution in [0, 0.1) is 0 Å². The second-order valence-corrected chi connectivity index (χ2v) is 6.43. The average Bonchev–Trinajstić information content (AvgIpc) is 3.17. The Balaban J connectivity index is 1.63. The molecule has 0 radical (unpaired) electrons. The molecule has 24 heavy (non-hydrogen) atoms. The first-order valence-electron chi connectivity index (χ1n) is 7.87. The smallest absolute Gasteiger partial charge is 0.231 e. The van der Waals surface area contributed by atoms with Crippen molar-refractivity contribution in [2.75, 3.05) is 13.9 Å². The number of fused-ring (bicyclic) bond motifs is 6. The molecule has 1 fully saturated rings. The fourth-order valence-electron chi connectivity index (χ4n) is 3.95. The lowest BCUT2D eigenvalue weighted by atomic mass is 9.75. The van der Waals surface area contributed by atoms with E-state index in [1.807, 2.05) is 6.07 Å². The third-order valence-corrected chi connectivity index (χ3v) is 5.15. The monoisotopic (exact) mass is 332 g/mol. The second-order valence-electron chi connectivity index (χ2n) is 6.43. The van der Waals surface area contributed by atoms with Crippen molar-refractivity contribution >= 4 is 5.78 Å². The first-order valence-corrected chi connectivity index (χ1v) is 7.87. The number of ether oxygens (including phenoxy) is 5. The molecule has 0 aromatic heterocycles. The van der Waals surface area contributed by atoms with Gasteiger partial charge in [-0.05, 0) is 12.5 Å². The van der Waals surface area contributed by atoms with Crippen LogP contribution >= 0.6 is 0 Å². The van der Waals surface area contributed by atoms with E-state index in [1.54, 1.807) is 6.07 Å². The molecule has 3 heterocycles. The fourth-order valence-corrected chi connectivity index (χ4v) is 3.95. The zero-order valence-electron chi connectivity index (χ0n) is 13.0. The Labute approximate surface area is 137 Å². The van der Waals surface area contributed by atoms with E-state index in [2.05, 4.69) is 0 Å². The molecule has 0 amide bonds. The summed E-state index contributed by atoms with van der Waals surface area (Å²) in [6.07, 6.45) is 0.620. The largest absolute Gasteiger partial charge is 0.486 e. The first-order chi connectivity index (χ1) is 11.6. The number of carbonyl (C=O) groups excluding carboxylic acids is 1. The highest BCUT2D eigenvalue weighted by Gasteiger charge is 2.60. The Bertz CT molecular complexity index is 770. The number of hydrogen-bond acceptors (Lipinski definition) is 7. The minimum absolute atomic E-state index is 0.0701. The van der Waals surface area contributed by atoms with Crippen LogP contribution in [-0.2, 0) is 14.3 Å². The third kappa shape index (κ3) is 1.71. The molecule has 1 aromatic carbocycles. The molecule has 0 saturated carbocycles. The van der Waals surface area contributed by atoms with E-state index in [9.17, 15) is 9.90 Å². The van der Waals surface area contributed by atoms with Crippen LogP contribution in [0.1, 0.15) is 24.3 Å². The Kier molecular flexibility index (Phi) is 2.73. The van der Waals surface area contributed by atoms with Gasteiger partial charge in [0.15, 0.2) is 22.9 Å². The van der Waals surface area contributed by atoms with Crippen molar-refractivity contribution in [3.63, 3.8) is 0 Å². The van der Waals surface area contributed by atoms with Crippen molar-refractivity contribution in [3.8, 4) is 17.2 Å². The van der Waals surface area contributed by atoms with E-state index < -0.39 is 18.0 Å². The lowest BCUT2D eigenvalue weighted by Gasteiger charge is -2.46. The summed E-state index contributed by atoms with van der Waals surface area (Å²) >= 11 is 0. The van der Waals surface area contributed by atoms with E-state index in [4.69, 9.17) is 23.7 Å². The molecule has 1 aliphatic carbocycles. The SMILES string of the molecule is COC1OC2=CC(=O)CCC2(O)C2Oc3cc4c(cc3C12)OCO4. The maximum atomic E-state index is 11.7. The normalized spacial score (nSPS) is 35.3. The lowest BCUT2D eigenvalue weighted by molar-refractivity contribution is -0.211. The number of hydrogen-bond donors (Lipinski definition) is 1. The van der Waals surface area contributed by atoms with Crippen molar-refractivity contribution < 1.29 is 33.6 Å². The molecule has 7 nitrogen and oxygen atoms in total. The molecule has 3 aliphatic heterocycles. The molecule has 7 heteroatoms. The lowest BCUT2D eigenvalue weighted by Crippen LogP contribution is -2.57. The van der Waals surface area contributed by atoms with Gasteiger partial charge in [-0.2, -0.15) is 0 Å². The molecule has 1 aromatic rings.